The number of hydrogen-bond donors (Lipinski definition) is 2. The molecule has 0 heterocycles. The maximum atomic E-state index is 10.2. The van der Waals surface area contributed by atoms with E-state index in [4.69, 9.17) is 0 Å². The normalized spacial score (nSPS) is 28.3. The molecule has 0 aromatic heterocycles. The van der Waals surface area contributed by atoms with Gasteiger partial charge in [0.25, 0.3) is 0 Å². The molecule has 2 atom stereocenters. The van der Waals surface area contributed by atoms with Gasteiger partial charge in [0, 0.05) is 19.1 Å². The minimum Gasteiger partial charge on any atom is -0.388 e. The van der Waals surface area contributed by atoms with E-state index < -0.39 is 5.60 Å². The topological polar surface area (TPSA) is 35.5 Å². The predicted octanol–water partition coefficient (Wildman–Crippen LogP) is 1.47. The van der Waals surface area contributed by atoms with E-state index in [0.29, 0.717) is 24.5 Å². The Morgan fingerprint density at radius 3 is 2.50 bits per heavy atom. The van der Waals surface area contributed by atoms with Crippen LogP contribution in [0.2, 0.25) is 0 Å². The molecule has 3 heteroatoms. The summed E-state index contributed by atoms with van der Waals surface area (Å²) in [5.74, 6) is 0. The molecule has 0 aromatic carbocycles. The molecule has 2 unspecified atom stereocenters. The lowest BCUT2D eigenvalue weighted by atomic mass is 9.92. The van der Waals surface area contributed by atoms with Gasteiger partial charge < -0.3 is 15.3 Å². The van der Waals surface area contributed by atoms with Crippen LogP contribution in [0.4, 0.5) is 0 Å². The average Bonchev–Trinajstić information content (AvgIpc) is 2.40. The van der Waals surface area contributed by atoms with Gasteiger partial charge in [0.05, 0.1) is 5.60 Å². The van der Waals surface area contributed by atoms with Crippen molar-refractivity contribution >= 4 is 0 Å². The summed E-state index contributed by atoms with van der Waals surface area (Å²) in [5.41, 5.74) is -0.151. The van der Waals surface area contributed by atoms with Gasteiger partial charge in [-0.1, -0.05) is 13.8 Å². The molecule has 0 radical (unpaired) electrons. The summed E-state index contributed by atoms with van der Waals surface area (Å²) >= 11 is 0. The Hall–Kier alpha value is -0.120. The van der Waals surface area contributed by atoms with Crippen LogP contribution >= 0.6 is 0 Å². The van der Waals surface area contributed by atoms with Crippen molar-refractivity contribution in [3.05, 3.63) is 0 Å². The van der Waals surface area contributed by atoms with Gasteiger partial charge in [0.1, 0.15) is 0 Å². The molecule has 0 amide bonds. The van der Waals surface area contributed by atoms with Crippen LogP contribution in [0.15, 0.2) is 0 Å². The molecule has 3 nitrogen and oxygen atoms in total. The van der Waals surface area contributed by atoms with Crippen LogP contribution in [0.25, 0.3) is 0 Å². The molecule has 1 aliphatic carbocycles. The molecule has 0 spiro atoms. The molecule has 1 saturated carbocycles. The highest BCUT2D eigenvalue weighted by atomic mass is 16.3. The molecule has 0 aromatic rings. The van der Waals surface area contributed by atoms with E-state index in [1.54, 1.807) is 0 Å². The zero-order chi connectivity index (χ0) is 12.4. The van der Waals surface area contributed by atoms with Crippen LogP contribution in [-0.2, 0) is 0 Å². The van der Waals surface area contributed by atoms with E-state index in [0.717, 1.165) is 0 Å². The zero-order valence-corrected chi connectivity index (χ0v) is 11.5. The van der Waals surface area contributed by atoms with E-state index in [1.165, 1.54) is 19.3 Å². The van der Waals surface area contributed by atoms with Gasteiger partial charge in [-0.3, -0.25) is 0 Å². The SMILES string of the molecule is CN(C)CC(C)(O)CNC1CCC(C)(C)C1. The Morgan fingerprint density at radius 2 is 2.06 bits per heavy atom. The molecule has 2 N–H and O–H groups in total. The highest BCUT2D eigenvalue weighted by Crippen LogP contribution is 2.36. The second-order valence-corrected chi connectivity index (χ2v) is 6.72. The maximum absolute atomic E-state index is 10.2. The summed E-state index contributed by atoms with van der Waals surface area (Å²) in [4.78, 5) is 2.03. The summed E-state index contributed by atoms with van der Waals surface area (Å²) in [6, 6.07) is 0.587. The van der Waals surface area contributed by atoms with Crippen molar-refractivity contribution in [3.63, 3.8) is 0 Å². The first-order valence-electron chi connectivity index (χ1n) is 6.31. The average molecular weight is 228 g/mol. The number of nitrogens with one attached hydrogen (secondary N) is 1. The summed E-state index contributed by atoms with van der Waals surface area (Å²) in [7, 11) is 3.99. The molecule has 16 heavy (non-hydrogen) atoms. The Kier molecular flexibility index (Phi) is 4.38. The molecule has 0 bridgehead atoms. The minimum absolute atomic E-state index is 0.477. The fourth-order valence-corrected chi connectivity index (χ4v) is 2.71. The second kappa shape index (κ2) is 5.03. The molecule has 0 saturated heterocycles. The smallest absolute Gasteiger partial charge is 0.0869 e. The number of aliphatic hydroxyl groups is 1. The lowest BCUT2D eigenvalue weighted by molar-refractivity contribution is 0.0312. The van der Waals surface area contributed by atoms with E-state index >= 15 is 0 Å². The van der Waals surface area contributed by atoms with Crippen molar-refractivity contribution in [2.24, 2.45) is 5.41 Å². The van der Waals surface area contributed by atoms with Crippen LogP contribution in [0, 0.1) is 5.41 Å². The van der Waals surface area contributed by atoms with Crippen LogP contribution in [-0.4, -0.2) is 48.8 Å². The van der Waals surface area contributed by atoms with E-state index in [-0.39, 0.29) is 0 Å². The highest BCUT2D eigenvalue weighted by Gasteiger charge is 2.32. The van der Waals surface area contributed by atoms with Crippen molar-refractivity contribution in [2.45, 2.75) is 51.7 Å². The first-order valence-corrected chi connectivity index (χ1v) is 6.31. The van der Waals surface area contributed by atoms with Gasteiger partial charge in [0.15, 0.2) is 0 Å². The number of hydrogen-bond acceptors (Lipinski definition) is 3. The van der Waals surface area contributed by atoms with Gasteiger partial charge in [-0.05, 0) is 45.7 Å². The third kappa shape index (κ3) is 4.81. The number of rotatable bonds is 5. The molecule has 96 valence electrons. The van der Waals surface area contributed by atoms with Crippen LogP contribution < -0.4 is 5.32 Å². The summed E-state index contributed by atoms with van der Waals surface area (Å²) in [5, 5.41) is 13.7. The minimum atomic E-state index is -0.629. The predicted molar refractivity (Wildman–Crippen MR) is 68.6 cm³/mol. The number of nitrogens with zero attached hydrogens (tertiary/aromatic N) is 1. The van der Waals surface area contributed by atoms with Crippen molar-refractivity contribution in [1.29, 1.82) is 0 Å². The summed E-state index contributed by atoms with van der Waals surface area (Å²) in [6.45, 7) is 7.95. The largest absolute Gasteiger partial charge is 0.388 e. The van der Waals surface area contributed by atoms with Gasteiger partial charge >= 0.3 is 0 Å². The summed E-state index contributed by atoms with van der Waals surface area (Å²) in [6.07, 6.45) is 3.76. The van der Waals surface area contributed by atoms with Crippen molar-refractivity contribution in [2.75, 3.05) is 27.2 Å². The quantitative estimate of drug-likeness (QED) is 0.748. The number of likely N-dealkylation sites (N-methyl/N-ethyl adjacent to an activating group) is 1. The Morgan fingerprint density at radius 1 is 1.44 bits per heavy atom. The third-order valence-electron chi connectivity index (χ3n) is 3.40. The van der Waals surface area contributed by atoms with Gasteiger partial charge in [-0.2, -0.15) is 0 Å². The molecular formula is C13H28N2O. The van der Waals surface area contributed by atoms with Crippen LogP contribution in [0.5, 0.6) is 0 Å². The van der Waals surface area contributed by atoms with Gasteiger partial charge in [-0.15, -0.1) is 0 Å². The molecule has 1 aliphatic rings. The van der Waals surface area contributed by atoms with Crippen molar-refractivity contribution in [3.8, 4) is 0 Å². The van der Waals surface area contributed by atoms with Crippen LogP contribution in [0.3, 0.4) is 0 Å². The van der Waals surface area contributed by atoms with Gasteiger partial charge in [-0.25, -0.2) is 0 Å². The molecule has 1 rings (SSSR count). The fourth-order valence-electron chi connectivity index (χ4n) is 2.71. The Bertz CT molecular complexity index is 224. The van der Waals surface area contributed by atoms with E-state index in [9.17, 15) is 5.11 Å². The highest BCUT2D eigenvalue weighted by molar-refractivity contribution is 4.88. The Labute approximate surface area is 100 Å². The second-order valence-electron chi connectivity index (χ2n) is 6.72. The first kappa shape index (κ1) is 13.9. The lowest BCUT2D eigenvalue weighted by Crippen LogP contribution is -2.47. The zero-order valence-electron chi connectivity index (χ0n) is 11.5. The third-order valence-corrected chi connectivity index (χ3v) is 3.40. The Balaban J connectivity index is 2.29. The van der Waals surface area contributed by atoms with E-state index in [1.807, 2.05) is 25.9 Å². The summed E-state index contributed by atoms with van der Waals surface area (Å²) < 4.78 is 0. The lowest BCUT2D eigenvalue weighted by Gasteiger charge is -2.29. The molecular weight excluding hydrogens is 200 g/mol. The van der Waals surface area contributed by atoms with Gasteiger partial charge in [0.2, 0.25) is 0 Å². The van der Waals surface area contributed by atoms with Crippen molar-refractivity contribution in [1.82, 2.24) is 10.2 Å². The van der Waals surface area contributed by atoms with Crippen molar-refractivity contribution < 1.29 is 5.11 Å². The first-order chi connectivity index (χ1) is 7.20. The molecule has 0 aliphatic heterocycles. The van der Waals surface area contributed by atoms with E-state index in [2.05, 4.69) is 19.2 Å². The molecule has 1 fully saturated rings. The fraction of sp³-hybridized carbons (Fsp3) is 1.00. The standard InChI is InChI=1S/C13H28N2O/c1-12(2)7-6-11(8-12)14-9-13(3,16)10-15(4)5/h11,14,16H,6-10H2,1-5H3. The monoisotopic (exact) mass is 228 g/mol. The maximum Gasteiger partial charge on any atom is 0.0869 e. The van der Waals surface area contributed by atoms with Crippen LogP contribution in [0.1, 0.15) is 40.0 Å².